The van der Waals surface area contributed by atoms with Gasteiger partial charge in [-0.2, -0.15) is 0 Å². The van der Waals surface area contributed by atoms with Crippen LogP contribution in [0, 0.1) is 6.92 Å². The number of nitrogens with one attached hydrogen (secondary N) is 1. The topological polar surface area (TPSA) is 84.9 Å². The fraction of sp³-hybridized carbons (Fsp3) is 0.160. The van der Waals surface area contributed by atoms with Crippen LogP contribution in [-0.4, -0.2) is 21.0 Å². The summed E-state index contributed by atoms with van der Waals surface area (Å²) in [6, 6.07) is 19.9. The lowest BCUT2D eigenvalue weighted by Gasteiger charge is -2.31. The van der Waals surface area contributed by atoms with Gasteiger partial charge in [-0.25, -0.2) is 8.42 Å². The number of anilines is 1. The van der Waals surface area contributed by atoms with Crippen LogP contribution < -0.4 is 19.1 Å². The van der Waals surface area contributed by atoms with E-state index in [0.717, 1.165) is 16.7 Å². The maximum Gasteiger partial charge on any atom is 0.270 e. The summed E-state index contributed by atoms with van der Waals surface area (Å²) in [6.07, 6.45) is 1.29. The molecule has 3 aromatic carbocycles. The number of carbonyl (C=O) groups excluding carboxylic acids is 1. The number of fused-ring (bicyclic) bond motifs is 2. The average molecular weight is 463 g/mol. The highest BCUT2D eigenvalue weighted by Crippen LogP contribution is 2.36. The molecule has 0 bridgehead atoms. The van der Waals surface area contributed by atoms with Crippen molar-refractivity contribution in [2.75, 3.05) is 11.1 Å². The van der Waals surface area contributed by atoms with E-state index >= 15 is 0 Å². The van der Waals surface area contributed by atoms with E-state index in [2.05, 4.69) is 5.32 Å². The molecule has 168 valence electrons. The SMILES string of the molecule is Cc1cccc(CN2c3ccccc3C(=O)C(=CNCc3ccc4c(c3)OCO4)S2(=O)=O)c1. The molecule has 0 aliphatic carbocycles. The molecule has 1 N–H and O–H groups in total. The van der Waals surface area contributed by atoms with Crippen LogP contribution in [0.15, 0.2) is 77.8 Å². The van der Waals surface area contributed by atoms with Gasteiger partial charge in [-0.05, 0) is 42.3 Å². The van der Waals surface area contributed by atoms with Crippen molar-refractivity contribution in [3.63, 3.8) is 0 Å². The molecule has 0 spiro atoms. The van der Waals surface area contributed by atoms with E-state index in [1.54, 1.807) is 30.3 Å². The molecular formula is C25H22N2O5S. The lowest BCUT2D eigenvalue weighted by atomic mass is 10.1. The summed E-state index contributed by atoms with van der Waals surface area (Å²) in [5.74, 6) is 0.788. The van der Waals surface area contributed by atoms with Crippen LogP contribution in [0.1, 0.15) is 27.0 Å². The largest absolute Gasteiger partial charge is 0.454 e. The van der Waals surface area contributed by atoms with Gasteiger partial charge in [0.2, 0.25) is 12.6 Å². The van der Waals surface area contributed by atoms with Crippen molar-refractivity contribution in [2.45, 2.75) is 20.0 Å². The molecule has 0 fully saturated rings. The van der Waals surface area contributed by atoms with E-state index < -0.39 is 15.8 Å². The van der Waals surface area contributed by atoms with Gasteiger partial charge in [-0.1, -0.05) is 48.0 Å². The molecule has 2 aliphatic heterocycles. The van der Waals surface area contributed by atoms with E-state index in [-0.39, 0.29) is 18.2 Å². The molecule has 0 unspecified atom stereocenters. The first-order valence-electron chi connectivity index (χ1n) is 10.5. The van der Waals surface area contributed by atoms with Crippen LogP contribution in [0.5, 0.6) is 11.5 Å². The maximum absolute atomic E-state index is 13.5. The lowest BCUT2D eigenvalue weighted by molar-refractivity contribution is 0.104. The van der Waals surface area contributed by atoms with Gasteiger partial charge in [0, 0.05) is 18.3 Å². The number of rotatable bonds is 5. The Morgan fingerprint density at radius 2 is 1.79 bits per heavy atom. The highest BCUT2D eigenvalue weighted by molar-refractivity contribution is 7.97. The Bertz CT molecular complexity index is 1380. The molecule has 0 saturated carbocycles. The number of para-hydroxylation sites is 1. The van der Waals surface area contributed by atoms with E-state index in [1.165, 1.54) is 10.5 Å². The maximum atomic E-state index is 13.5. The first-order chi connectivity index (χ1) is 15.9. The molecule has 0 atom stereocenters. The van der Waals surface area contributed by atoms with E-state index in [0.29, 0.717) is 29.3 Å². The van der Waals surface area contributed by atoms with Gasteiger partial charge in [-0.15, -0.1) is 0 Å². The predicted octanol–water partition coefficient (Wildman–Crippen LogP) is 3.89. The lowest BCUT2D eigenvalue weighted by Crippen LogP contribution is -2.39. The van der Waals surface area contributed by atoms with E-state index in [4.69, 9.17) is 9.47 Å². The number of sulfonamides is 1. The number of carbonyl (C=O) groups is 1. The van der Waals surface area contributed by atoms with Gasteiger partial charge in [0.05, 0.1) is 12.2 Å². The highest BCUT2D eigenvalue weighted by Gasteiger charge is 2.40. The molecule has 0 aromatic heterocycles. The third-order valence-electron chi connectivity index (χ3n) is 5.59. The number of Topliss-reactive ketones (excluding diaryl/α,β-unsaturated/α-hetero) is 1. The van der Waals surface area contributed by atoms with Gasteiger partial charge in [0.1, 0.15) is 0 Å². The van der Waals surface area contributed by atoms with Crippen molar-refractivity contribution in [3.8, 4) is 11.5 Å². The monoisotopic (exact) mass is 462 g/mol. The molecule has 7 nitrogen and oxygen atoms in total. The summed E-state index contributed by atoms with van der Waals surface area (Å²) in [5, 5.41) is 2.99. The second kappa shape index (κ2) is 8.29. The van der Waals surface area contributed by atoms with Gasteiger partial charge < -0.3 is 14.8 Å². The Kier molecular flexibility index (Phi) is 5.30. The number of nitrogens with zero attached hydrogens (tertiary/aromatic N) is 1. The second-order valence-corrected chi connectivity index (χ2v) is 9.75. The van der Waals surface area contributed by atoms with Gasteiger partial charge in [-0.3, -0.25) is 9.10 Å². The molecule has 8 heteroatoms. The van der Waals surface area contributed by atoms with Crippen molar-refractivity contribution in [2.24, 2.45) is 0 Å². The Morgan fingerprint density at radius 1 is 0.970 bits per heavy atom. The highest BCUT2D eigenvalue weighted by atomic mass is 32.2. The first-order valence-corrected chi connectivity index (χ1v) is 11.9. The smallest absolute Gasteiger partial charge is 0.270 e. The van der Waals surface area contributed by atoms with Gasteiger partial charge in [0.15, 0.2) is 16.4 Å². The summed E-state index contributed by atoms with van der Waals surface area (Å²) in [6.45, 7) is 2.59. The zero-order chi connectivity index (χ0) is 23.0. The minimum atomic E-state index is -4.06. The number of hydrogen-bond acceptors (Lipinski definition) is 6. The van der Waals surface area contributed by atoms with E-state index in [9.17, 15) is 13.2 Å². The van der Waals surface area contributed by atoms with Crippen molar-refractivity contribution in [3.05, 3.63) is 100 Å². The van der Waals surface area contributed by atoms with E-state index in [1.807, 2.05) is 43.3 Å². The van der Waals surface area contributed by atoms with Crippen LogP contribution in [-0.2, 0) is 23.1 Å². The first kappa shape index (κ1) is 21.1. The summed E-state index contributed by atoms with van der Waals surface area (Å²) < 4.78 is 39.1. The quantitative estimate of drug-likeness (QED) is 0.579. The third kappa shape index (κ3) is 3.93. The zero-order valence-corrected chi connectivity index (χ0v) is 18.8. The molecule has 3 aromatic rings. The predicted molar refractivity (Wildman–Crippen MR) is 125 cm³/mol. The minimum Gasteiger partial charge on any atom is -0.454 e. The number of aryl methyl sites for hydroxylation is 1. The number of benzene rings is 3. The Morgan fingerprint density at radius 3 is 2.64 bits per heavy atom. The number of ether oxygens (including phenoxy) is 2. The van der Waals surface area contributed by atoms with Crippen molar-refractivity contribution in [1.29, 1.82) is 0 Å². The van der Waals surface area contributed by atoms with Crippen LogP contribution in [0.25, 0.3) is 0 Å². The molecule has 5 rings (SSSR count). The Hall–Kier alpha value is -3.78. The molecule has 0 radical (unpaired) electrons. The molecule has 0 amide bonds. The Labute approximate surface area is 192 Å². The summed E-state index contributed by atoms with van der Waals surface area (Å²) in [4.78, 5) is 12.8. The zero-order valence-electron chi connectivity index (χ0n) is 17.9. The fourth-order valence-corrected chi connectivity index (χ4v) is 5.53. The van der Waals surface area contributed by atoms with Gasteiger partial charge in [0.25, 0.3) is 10.0 Å². The van der Waals surface area contributed by atoms with Crippen LogP contribution in [0.3, 0.4) is 0 Å². The fourth-order valence-electron chi connectivity index (χ4n) is 3.98. The van der Waals surface area contributed by atoms with Crippen LogP contribution >= 0.6 is 0 Å². The minimum absolute atomic E-state index is 0.133. The number of allylic oxidation sites excluding steroid dienone is 1. The van der Waals surface area contributed by atoms with Crippen molar-refractivity contribution >= 4 is 21.5 Å². The normalized spacial score (nSPS) is 17.2. The summed E-state index contributed by atoms with van der Waals surface area (Å²) in [7, 11) is -4.06. The van der Waals surface area contributed by atoms with Crippen molar-refractivity contribution < 1.29 is 22.7 Å². The number of hydrogen-bond donors (Lipinski definition) is 1. The molecule has 2 heterocycles. The van der Waals surface area contributed by atoms with Gasteiger partial charge >= 0.3 is 0 Å². The number of ketones is 1. The third-order valence-corrected chi connectivity index (χ3v) is 7.36. The summed E-state index contributed by atoms with van der Waals surface area (Å²) in [5.41, 5.74) is 3.49. The second-order valence-electron chi connectivity index (χ2n) is 7.92. The average Bonchev–Trinajstić information content (AvgIpc) is 3.27. The molecule has 2 aliphatic rings. The van der Waals surface area contributed by atoms with Crippen LogP contribution in [0.2, 0.25) is 0 Å². The van der Waals surface area contributed by atoms with Crippen molar-refractivity contribution in [1.82, 2.24) is 5.32 Å². The van der Waals surface area contributed by atoms with Crippen LogP contribution in [0.4, 0.5) is 5.69 Å². The molecule has 33 heavy (non-hydrogen) atoms. The Balaban J connectivity index is 1.46. The standard InChI is InChI=1S/C25H22N2O5S/c1-17-5-4-6-19(11-17)15-27-21-8-3-2-7-20(21)25(28)24(33(27,29)30)14-26-13-18-9-10-22-23(12-18)32-16-31-22/h2-12,14,26H,13,15-16H2,1H3. The summed E-state index contributed by atoms with van der Waals surface area (Å²) >= 11 is 0. The molecule has 0 saturated heterocycles. The molecular weight excluding hydrogens is 440 g/mol.